The van der Waals surface area contributed by atoms with Gasteiger partial charge in [0.05, 0.1) is 9.83 Å². The molecule has 0 aromatic heterocycles. The number of benzene rings is 1. The van der Waals surface area contributed by atoms with E-state index in [4.69, 9.17) is 5.11 Å². The van der Waals surface area contributed by atoms with Crippen molar-refractivity contribution in [2.45, 2.75) is 12.8 Å². The standard InChI is InChI=1S/C14H12N2O6S/c17-12(18)2-1-7-15-13(19)11(23-14(15)20)8-9-3-5-10(6-4-9)16(21)22/h3-6,8H,1-2,7H2,(H,17,18). The average Bonchev–Trinajstić information content (AvgIpc) is 2.75. The van der Waals surface area contributed by atoms with Crippen molar-refractivity contribution in [3.05, 3.63) is 44.8 Å². The maximum Gasteiger partial charge on any atom is 0.303 e. The molecular formula is C14H12N2O6S. The highest BCUT2D eigenvalue weighted by Gasteiger charge is 2.34. The van der Waals surface area contributed by atoms with Gasteiger partial charge in [-0.3, -0.25) is 29.4 Å². The van der Waals surface area contributed by atoms with E-state index in [1.54, 1.807) is 0 Å². The molecule has 9 heteroatoms. The highest BCUT2D eigenvalue weighted by Crippen LogP contribution is 2.32. The van der Waals surface area contributed by atoms with E-state index in [2.05, 4.69) is 0 Å². The summed E-state index contributed by atoms with van der Waals surface area (Å²) in [5.41, 5.74) is 0.496. The van der Waals surface area contributed by atoms with E-state index in [-0.39, 0.29) is 30.0 Å². The second kappa shape index (κ2) is 7.05. The number of amides is 2. The molecule has 23 heavy (non-hydrogen) atoms. The van der Waals surface area contributed by atoms with Gasteiger partial charge in [-0.05, 0) is 42.0 Å². The summed E-state index contributed by atoms with van der Waals surface area (Å²) in [6.07, 6.45) is 1.55. The fourth-order valence-electron chi connectivity index (χ4n) is 1.92. The SMILES string of the molecule is O=C(O)CCCN1C(=O)SC(=Cc2ccc([N+](=O)[O-])cc2)C1=O. The molecule has 0 bridgehead atoms. The number of thioether (sulfide) groups is 1. The van der Waals surface area contributed by atoms with Gasteiger partial charge in [-0.25, -0.2) is 0 Å². The third kappa shape index (κ3) is 4.16. The van der Waals surface area contributed by atoms with Crippen LogP contribution in [-0.2, 0) is 9.59 Å². The lowest BCUT2D eigenvalue weighted by molar-refractivity contribution is -0.384. The third-order valence-electron chi connectivity index (χ3n) is 3.05. The van der Waals surface area contributed by atoms with Crippen molar-refractivity contribution in [2.24, 2.45) is 0 Å². The number of rotatable bonds is 6. The number of nitro groups is 1. The van der Waals surface area contributed by atoms with Crippen molar-refractivity contribution in [3.63, 3.8) is 0 Å². The van der Waals surface area contributed by atoms with Gasteiger partial charge in [-0.1, -0.05) is 0 Å². The molecule has 1 aromatic carbocycles. The molecule has 0 unspecified atom stereocenters. The van der Waals surface area contributed by atoms with Gasteiger partial charge in [0, 0.05) is 25.1 Å². The highest BCUT2D eigenvalue weighted by molar-refractivity contribution is 8.18. The molecule has 120 valence electrons. The van der Waals surface area contributed by atoms with E-state index in [1.807, 2.05) is 0 Å². The van der Waals surface area contributed by atoms with Gasteiger partial charge in [-0.2, -0.15) is 0 Å². The van der Waals surface area contributed by atoms with Crippen LogP contribution in [-0.4, -0.2) is 38.6 Å². The topological polar surface area (TPSA) is 118 Å². The molecule has 2 amide bonds. The number of aliphatic carboxylic acids is 1. The Morgan fingerprint density at radius 2 is 1.96 bits per heavy atom. The monoisotopic (exact) mass is 336 g/mol. The number of nitro benzene ring substituents is 1. The number of hydrogen-bond donors (Lipinski definition) is 1. The molecular weight excluding hydrogens is 324 g/mol. The Morgan fingerprint density at radius 3 is 2.52 bits per heavy atom. The van der Waals surface area contributed by atoms with Crippen LogP contribution < -0.4 is 0 Å². The number of non-ortho nitro benzene ring substituents is 1. The zero-order valence-corrected chi connectivity index (χ0v) is 12.6. The van der Waals surface area contributed by atoms with Crippen molar-refractivity contribution in [2.75, 3.05) is 6.54 Å². The lowest BCUT2D eigenvalue weighted by Gasteiger charge is -2.10. The van der Waals surface area contributed by atoms with Gasteiger partial charge in [0.2, 0.25) is 0 Å². The Morgan fingerprint density at radius 1 is 1.30 bits per heavy atom. The molecule has 8 nitrogen and oxygen atoms in total. The predicted octanol–water partition coefficient (Wildman–Crippen LogP) is 2.50. The minimum absolute atomic E-state index is 0.0502. The number of imide groups is 1. The normalized spacial score (nSPS) is 16.2. The van der Waals surface area contributed by atoms with Crippen molar-refractivity contribution in [1.82, 2.24) is 4.90 Å². The summed E-state index contributed by atoms with van der Waals surface area (Å²) in [4.78, 5) is 45.7. The first kappa shape index (κ1) is 16.7. The van der Waals surface area contributed by atoms with E-state index < -0.39 is 22.0 Å². The Kier molecular flexibility index (Phi) is 5.12. The summed E-state index contributed by atoms with van der Waals surface area (Å²) in [6.45, 7) is 0.0502. The molecule has 1 aliphatic rings. The first-order valence-corrected chi connectivity index (χ1v) is 7.42. The molecule has 1 fully saturated rings. The van der Waals surface area contributed by atoms with Gasteiger partial charge >= 0.3 is 5.97 Å². The summed E-state index contributed by atoms with van der Waals surface area (Å²) in [5.74, 6) is -1.47. The molecule has 0 radical (unpaired) electrons. The summed E-state index contributed by atoms with van der Waals surface area (Å²) in [6, 6.07) is 5.58. The van der Waals surface area contributed by atoms with Gasteiger partial charge in [0.15, 0.2) is 0 Å². The second-order valence-corrected chi connectivity index (χ2v) is 5.67. The summed E-state index contributed by atoms with van der Waals surface area (Å²) in [5, 5.41) is 18.7. The summed E-state index contributed by atoms with van der Waals surface area (Å²) in [7, 11) is 0. The molecule has 2 rings (SSSR count). The van der Waals surface area contributed by atoms with Crippen LogP contribution in [0.15, 0.2) is 29.2 Å². The Hall–Kier alpha value is -2.68. The molecule has 1 aliphatic heterocycles. The second-order valence-electron chi connectivity index (χ2n) is 4.68. The van der Waals surface area contributed by atoms with E-state index in [1.165, 1.54) is 30.3 Å². The Bertz CT molecular complexity index is 698. The average molecular weight is 336 g/mol. The molecule has 1 saturated heterocycles. The maximum absolute atomic E-state index is 12.1. The number of carbonyl (C=O) groups excluding carboxylic acids is 2. The van der Waals surface area contributed by atoms with Crippen LogP contribution >= 0.6 is 11.8 Å². The quantitative estimate of drug-likeness (QED) is 0.481. The lowest BCUT2D eigenvalue weighted by atomic mass is 10.2. The van der Waals surface area contributed by atoms with E-state index in [9.17, 15) is 24.5 Å². The van der Waals surface area contributed by atoms with Gasteiger partial charge in [0.25, 0.3) is 16.8 Å². The number of carboxylic acids is 1. The van der Waals surface area contributed by atoms with Crippen LogP contribution in [0.25, 0.3) is 6.08 Å². The fourth-order valence-corrected chi connectivity index (χ4v) is 2.79. The first-order chi connectivity index (χ1) is 10.9. The van der Waals surface area contributed by atoms with Gasteiger partial charge in [0.1, 0.15) is 0 Å². The lowest BCUT2D eigenvalue weighted by Crippen LogP contribution is -2.29. The van der Waals surface area contributed by atoms with Crippen molar-refractivity contribution in [1.29, 1.82) is 0 Å². The minimum Gasteiger partial charge on any atom is -0.481 e. The summed E-state index contributed by atoms with van der Waals surface area (Å²) >= 11 is 0.763. The molecule has 0 atom stereocenters. The molecule has 1 heterocycles. The zero-order chi connectivity index (χ0) is 17.0. The fraction of sp³-hybridized carbons (Fsp3) is 0.214. The number of hydrogen-bond acceptors (Lipinski definition) is 6. The molecule has 1 N–H and O–H groups in total. The number of nitrogens with zero attached hydrogens (tertiary/aromatic N) is 2. The highest BCUT2D eigenvalue weighted by atomic mass is 32.2. The predicted molar refractivity (Wildman–Crippen MR) is 82.6 cm³/mol. The van der Waals surface area contributed by atoms with Crippen molar-refractivity contribution < 1.29 is 24.4 Å². The molecule has 0 saturated carbocycles. The molecule has 1 aromatic rings. The van der Waals surface area contributed by atoms with Crippen LogP contribution in [0.2, 0.25) is 0 Å². The third-order valence-corrected chi connectivity index (χ3v) is 3.96. The van der Waals surface area contributed by atoms with Gasteiger partial charge in [-0.15, -0.1) is 0 Å². The Labute approximate surface area is 134 Å². The zero-order valence-electron chi connectivity index (χ0n) is 11.8. The van der Waals surface area contributed by atoms with Gasteiger partial charge < -0.3 is 5.11 Å². The van der Waals surface area contributed by atoms with Crippen LogP contribution in [0.3, 0.4) is 0 Å². The van der Waals surface area contributed by atoms with Crippen LogP contribution in [0.1, 0.15) is 18.4 Å². The van der Waals surface area contributed by atoms with Crippen LogP contribution in [0.4, 0.5) is 10.5 Å². The number of carboxylic acid groups (broad SMARTS) is 1. The first-order valence-electron chi connectivity index (χ1n) is 6.60. The van der Waals surface area contributed by atoms with E-state index >= 15 is 0 Å². The largest absolute Gasteiger partial charge is 0.481 e. The molecule has 0 spiro atoms. The van der Waals surface area contributed by atoms with E-state index in [0.717, 1.165) is 16.7 Å². The van der Waals surface area contributed by atoms with Crippen LogP contribution in [0, 0.1) is 10.1 Å². The molecule has 0 aliphatic carbocycles. The smallest absolute Gasteiger partial charge is 0.303 e. The maximum atomic E-state index is 12.1. The minimum atomic E-state index is -0.988. The van der Waals surface area contributed by atoms with Crippen molar-refractivity contribution in [3.8, 4) is 0 Å². The van der Waals surface area contributed by atoms with Crippen LogP contribution in [0.5, 0.6) is 0 Å². The van der Waals surface area contributed by atoms with E-state index in [0.29, 0.717) is 5.56 Å². The Balaban J connectivity index is 2.08. The number of carbonyl (C=O) groups is 3. The summed E-state index contributed by atoms with van der Waals surface area (Å²) < 4.78 is 0. The van der Waals surface area contributed by atoms with Crippen molar-refractivity contribution >= 4 is 40.6 Å².